The Morgan fingerprint density at radius 1 is 1.25 bits per heavy atom. The summed E-state index contributed by atoms with van der Waals surface area (Å²) in [5, 5.41) is 0. The van der Waals surface area contributed by atoms with Crippen molar-refractivity contribution in [1.82, 2.24) is 0 Å². The predicted molar refractivity (Wildman–Crippen MR) is 64.8 cm³/mol. The van der Waals surface area contributed by atoms with Crippen molar-refractivity contribution in [1.29, 1.82) is 0 Å². The fourth-order valence-corrected chi connectivity index (χ4v) is 1.09. The van der Waals surface area contributed by atoms with Gasteiger partial charge in [0.2, 0.25) is 0 Å². The van der Waals surface area contributed by atoms with Crippen LogP contribution in [0, 0.1) is 5.41 Å². The number of hydrogen-bond donors (Lipinski definition) is 0. The van der Waals surface area contributed by atoms with Crippen LogP contribution in [0.4, 0.5) is 0 Å². The SMILES string of the molecule is CC(C)(C)C=CC(=O)OCc1ccccc1. The Balaban J connectivity index is 2.40. The van der Waals surface area contributed by atoms with E-state index in [1.54, 1.807) is 0 Å². The minimum Gasteiger partial charge on any atom is -0.458 e. The fraction of sp³-hybridized carbons (Fsp3) is 0.357. The Morgan fingerprint density at radius 3 is 2.44 bits per heavy atom. The highest BCUT2D eigenvalue weighted by Crippen LogP contribution is 2.14. The van der Waals surface area contributed by atoms with Gasteiger partial charge in [-0.1, -0.05) is 57.2 Å². The molecule has 2 heteroatoms. The molecule has 0 heterocycles. The summed E-state index contributed by atoms with van der Waals surface area (Å²) in [4.78, 5) is 11.4. The van der Waals surface area contributed by atoms with Crippen molar-refractivity contribution >= 4 is 5.97 Å². The summed E-state index contributed by atoms with van der Waals surface area (Å²) in [6, 6.07) is 9.65. The lowest BCUT2D eigenvalue weighted by Crippen LogP contribution is -2.04. The van der Waals surface area contributed by atoms with E-state index in [1.807, 2.05) is 57.2 Å². The Kier molecular flexibility index (Phi) is 4.29. The van der Waals surface area contributed by atoms with Gasteiger partial charge < -0.3 is 4.74 Å². The average Bonchev–Trinajstić information content (AvgIpc) is 2.24. The van der Waals surface area contributed by atoms with Gasteiger partial charge in [-0.15, -0.1) is 0 Å². The topological polar surface area (TPSA) is 26.3 Å². The van der Waals surface area contributed by atoms with Gasteiger partial charge in [-0.2, -0.15) is 0 Å². The lowest BCUT2D eigenvalue weighted by Gasteiger charge is -2.10. The molecule has 0 saturated carbocycles. The molecule has 2 nitrogen and oxygen atoms in total. The third-order valence-electron chi connectivity index (χ3n) is 1.94. The van der Waals surface area contributed by atoms with Gasteiger partial charge in [0, 0.05) is 6.08 Å². The largest absolute Gasteiger partial charge is 0.458 e. The first-order chi connectivity index (χ1) is 7.47. The van der Waals surface area contributed by atoms with Crippen LogP contribution in [0.2, 0.25) is 0 Å². The number of allylic oxidation sites excluding steroid dienone is 1. The smallest absolute Gasteiger partial charge is 0.330 e. The molecule has 16 heavy (non-hydrogen) atoms. The molecule has 1 rings (SSSR count). The normalized spacial score (nSPS) is 11.7. The summed E-state index contributed by atoms with van der Waals surface area (Å²) in [6.45, 7) is 6.43. The second kappa shape index (κ2) is 5.50. The maximum atomic E-state index is 11.4. The van der Waals surface area contributed by atoms with E-state index in [2.05, 4.69) is 0 Å². The van der Waals surface area contributed by atoms with Crippen LogP contribution in [0.1, 0.15) is 26.3 Å². The van der Waals surface area contributed by atoms with E-state index in [4.69, 9.17) is 4.74 Å². The zero-order valence-electron chi connectivity index (χ0n) is 10.1. The molecule has 0 aliphatic heterocycles. The predicted octanol–water partition coefficient (Wildman–Crippen LogP) is 3.33. The Labute approximate surface area is 96.9 Å². The molecule has 0 aromatic heterocycles. The van der Waals surface area contributed by atoms with Crippen molar-refractivity contribution in [2.45, 2.75) is 27.4 Å². The number of carbonyl (C=O) groups is 1. The van der Waals surface area contributed by atoms with Crippen LogP contribution in [0.25, 0.3) is 0 Å². The van der Waals surface area contributed by atoms with E-state index >= 15 is 0 Å². The molecule has 0 unspecified atom stereocenters. The van der Waals surface area contributed by atoms with E-state index in [0.717, 1.165) is 5.56 Å². The maximum Gasteiger partial charge on any atom is 0.330 e. The summed E-state index contributed by atoms with van der Waals surface area (Å²) in [5.41, 5.74) is 1.01. The average molecular weight is 218 g/mol. The Bertz CT molecular complexity index is 358. The molecule has 0 bridgehead atoms. The van der Waals surface area contributed by atoms with Crippen LogP contribution < -0.4 is 0 Å². The molecule has 1 aromatic carbocycles. The quantitative estimate of drug-likeness (QED) is 0.574. The molecule has 0 fully saturated rings. The molecular formula is C14H18O2. The van der Waals surface area contributed by atoms with Crippen molar-refractivity contribution in [3.05, 3.63) is 48.0 Å². The summed E-state index contributed by atoms with van der Waals surface area (Å²) in [6.07, 6.45) is 3.34. The highest BCUT2D eigenvalue weighted by atomic mass is 16.5. The van der Waals surface area contributed by atoms with E-state index in [9.17, 15) is 4.79 Å². The highest BCUT2D eigenvalue weighted by Gasteiger charge is 2.05. The van der Waals surface area contributed by atoms with Gasteiger partial charge in [0.1, 0.15) is 6.61 Å². The minimum atomic E-state index is -0.293. The molecule has 0 spiro atoms. The van der Waals surface area contributed by atoms with Crippen LogP contribution in [0.3, 0.4) is 0 Å². The molecule has 0 N–H and O–H groups in total. The minimum absolute atomic E-state index is 0.00572. The van der Waals surface area contributed by atoms with Gasteiger partial charge in [0.15, 0.2) is 0 Å². The van der Waals surface area contributed by atoms with Crippen LogP contribution in [0.5, 0.6) is 0 Å². The molecule has 0 saturated heterocycles. The number of benzene rings is 1. The number of rotatable bonds is 3. The van der Waals surface area contributed by atoms with Gasteiger partial charge in [0.25, 0.3) is 0 Å². The highest BCUT2D eigenvalue weighted by molar-refractivity contribution is 5.82. The lowest BCUT2D eigenvalue weighted by molar-refractivity contribution is -0.139. The van der Waals surface area contributed by atoms with Crippen LogP contribution in [-0.2, 0) is 16.1 Å². The molecule has 0 aliphatic carbocycles. The van der Waals surface area contributed by atoms with Crippen molar-refractivity contribution in [3.8, 4) is 0 Å². The lowest BCUT2D eigenvalue weighted by atomic mass is 9.96. The monoisotopic (exact) mass is 218 g/mol. The zero-order chi connectivity index (χ0) is 12.0. The fourth-order valence-electron chi connectivity index (χ4n) is 1.09. The molecule has 0 amide bonds. The standard InChI is InChI=1S/C14H18O2/c1-14(2,3)10-9-13(15)16-11-12-7-5-4-6-8-12/h4-10H,11H2,1-3H3. The van der Waals surface area contributed by atoms with Gasteiger partial charge >= 0.3 is 5.97 Å². The maximum absolute atomic E-state index is 11.4. The molecule has 0 atom stereocenters. The number of hydrogen-bond acceptors (Lipinski definition) is 2. The molecule has 0 aliphatic rings. The van der Waals surface area contributed by atoms with Crippen molar-refractivity contribution in [2.75, 3.05) is 0 Å². The van der Waals surface area contributed by atoms with Crippen molar-refractivity contribution < 1.29 is 9.53 Å². The van der Waals surface area contributed by atoms with E-state index in [1.165, 1.54) is 6.08 Å². The number of esters is 1. The van der Waals surface area contributed by atoms with Crippen LogP contribution in [-0.4, -0.2) is 5.97 Å². The van der Waals surface area contributed by atoms with E-state index in [-0.39, 0.29) is 11.4 Å². The van der Waals surface area contributed by atoms with Crippen LogP contribution >= 0.6 is 0 Å². The first-order valence-electron chi connectivity index (χ1n) is 5.37. The molecule has 0 radical (unpaired) electrons. The van der Waals surface area contributed by atoms with Gasteiger partial charge in [0.05, 0.1) is 0 Å². The first-order valence-corrected chi connectivity index (χ1v) is 5.37. The van der Waals surface area contributed by atoms with Crippen LogP contribution in [0.15, 0.2) is 42.5 Å². The Morgan fingerprint density at radius 2 is 1.88 bits per heavy atom. The number of ether oxygens (including phenoxy) is 1. The summed E-state index contributed by atoms with van der Waals surface area (Å²) in [7, 11) is 0. The third-order valence-corrected chi connectivity index (χ3v) is 1.94. The molecule has 1 aromatic rings. The van der Waals surface area contributed by atoms with Gasteiger partial charge in [-0.3, -0.25) is 0 Å². The van der Waals surface area contributed by atoms with Gasteiger partial charge in [-0.05, 0) is 11.0 Å². The summed E-state index contributed by atoms with van der Waals surface area (Å²) in [5.74, 6) is -0.293. The summed E-state index contributed by atoms with van der Waals surface area (Å²) < 4.78 is 5.10. The van der Waals surface area contributed by atoms with E-state index < -0.39 is 0 Å². The summed E-state index contributed by atoms with van der Waals surface area (Å²) >= 11 is 0. The third kappa shape index (κ3) is 5.35. The molecule has 86 valence electrons. The second-order valence-electron chi connectivity index (χ2n) is 4.79. The van der Waals surface area contributed by atoms with E-state index in [0.29, 0.717) is 6.61 Å². The van der Waals surface area contributed by atoms with Gasteiger partial charge in [-0.25, -0.2) is 4.79 Å². The Hall–Kier alpha value is -1.57. The number of carbonyl (C=O) groups excluding carboxylic acids is 1. The molecular weight excluding hydrogens is 200 g/mol. The van der Waals surface area contributed by atoms with Crippen molar-refractivity contribution in [2.24, 2.45) is 5.41 Å². The first kappa shape index (κ1) is 12.5. The zero-order valence-corrected chi connectivity index (χ0v) is 10.1. The van der Waals surface area contributed by atoms with Crippen molar-refractivity contribution in [3.63, 3.8) is 0 Å². The second-order valence-corrected chi connectivity index (χ2v) is 4.79.